The first-order chi connectivity index (χ1) is 16.1. The van der Waals surface area contributed by atoms with Gasteiger partial charge in [-0.1, -0.05) is 24.3 Å². The Bertz CT molecular complexity index is 1080. The van der Waals surface area contributed by atoms with Crippen molar-refractivity contribution in [2.24, 2.45) is 0 Å². The molecule has 0 bridgehead atoms. The molecule has 1 amide bonds. The van der Waals surface area contributed by atoms with Crippen LogP contribution >= 0.6 is 0 Å². The van der Waals surface area contributed by atoms with Crippen molar-refractivity contribution in [1.82, 2.24) is 14.1 Å². The standard InChI is InChI=1S/C23H29F2N3O5S/c1-17(26(2)16-18-9-10-20(33-23(24)25)21(15-18)32-3)22(29)27-11-13-28(14-12-27)34(30,31)19-7-5-4-6-8-19/h4-10,15,17,23H,11-14,16H2,1-3H3/t17-/m0/s1. The zero-order valence-corrected chi connectivity index (χ0v) is 20.2. The van der Waals surface area contributed by atoms with Gasteiger partial charge in [-0.05, 0) is 43.8 Å². The van der Waals surface area contributed by atoms with Gasteiger partial charge in [0.15, 0.2) is 11.5 Å². The Morgan fingerprint density at radius 3 is 2.29 bits per heavy atom. The molecule has 2 aromatic rings. The molecule has 1 aliphatic heterocycles. The van der Waals surface area contributed by atoms with Crippen LogP contribution in [-0.2, 0) is 21.4 Å². The van der Waals surface area contributed by atoms with Gasteiger partial charge >= 0.3 is 6.61 Å². The van der Waals surface area contributed by atoms with Gasteiger partial charge < -0.3 is 14.4 Å². The molecule has 1 aliphatic rings. The minimum Gasteiger partial charge on any atom is -0.493 e. The second kappa shape index (κ2) is 11.1. The lowest BCUT2D eigenvalue weighted by Crippen LogP contribution is -2.54. The summed E-state index contributed by atoms with van der Waals surface area (Å²) >= 11 is 0. The van der Waals surface area contributed by atoms with Gasteiger partial charge in [0.25, 0.3) is 0 Å². The van der Waals surface area contributed by atoms with Crippen LogP contribution in [0.15, 0.2) is 53.4 Å². The molecule has 34 heavy (non-hydrogen) atoms. The van der Waals surface area contributed by atoms with E-state index in [9.17, 15) is 22.0 Å². The Labute approximate surface area is 198 Å². The zero-order valence-electron chi connectivity index (χ0n) is 19.4. The van der Waals surface area contributed by atoms with Crippen molar-refractivity contribution >= 4 is 15.9 Å². The molecular formula is C23H29F2N3O5S. The van der Waals surface area contributed by atoms with Gasteiger partial charge in [0.05, 0.1) is 18.0 Å². The maximum absolute atomic E-state index is 13.0. The first-order valence-corrected chi connectivity index (χ1v) is 12.2. The molecule has 0 saturated carbocycles. The van der Waals surface area contributed by atoms with Crippen LogP contribution in [0.3, 0.4) is 0 Å². The van der Waals surface area contributed by atoms with E-state index in [2.05, 4.69) is 4.74 Å². The average molecular weight is 498 g/mol. The summed E-state index contributed by atoms with van der Waals surface area (Å²) in [6, 6.07) is 12.4. The summed E-state index contributed by atoms with van der Waals surface area (Å²) in [5.74, 6) is 0.0150. The molecule has 1 saturated heterocycles. The number of benzene rings is 2. The summed E-state index contributed by atoms with van der Waals surface area (Å²) in [5, 5.41) is 0. The van der Waals surface area contributed by atoms with Crippen LogP contribution in [0.2, 0.25) is 0 Å². The molecule has 0 unspecified atom stereocenters. The lowest BCUT2D eigenvalue weighted by atomic mass is 10.1. The van der Waals surface area contributed by atoms with E-state index in [0.717, 1.165) is 5.56 Å². The number of alkyl halides is 2. The van der Waals surface area contributed by atoms with Gasteiger partial charge in [0.2, 0.25) is 15.9 Å². The summed E-state index contributed by atoms with van der Waals surface area (Å²) < 4.78 is 61.6. The molecule has 0 aliphatic carbocycles. The van der Waals surface area contributed by atoms with Gasteiger partial charge in [-0.2, -0.15) is 13.1 Å². The maximum atomic E-state index is 13.0. The number of hydrogen-bond acceptors (Lipinski definition) is 6. The lowest BCUT2D eigenvalue weighted by Gasteiger charge is -2.37. The van der Waals surface area contributed by atoms with E-state index in [0.29, 0.717) is 19.6 Å². The van der Waals surface area contributed by atoms with Crippen molar-refractivity contribution in [1.29, 1.82) is 0 Å². The number of likely N-dealkylation sites (N-methyl/N-ethyl adjacent to an activating group) is 1. The van der Waals surface area contributed by atoms with Crippen LogP contribution in [-0.4, -0.2) is 81.4 Å². The Balaban J connectivity index is 1.58. The highest BCUT2D eigenvalue weighted by Crippen LogP contribution is 2.30. The van der Waals surface area contributed by atoms with Gasteiger partial charge in [-0.15, -0.1) is 0 Å². The average Bonchev–Trinajstić information content (AvgIpc) is 2.84. The minimum absolute atomic E-state index is 0.0589. The number of carbonyl (C=O) groups is 1. The summed E-state index contributed by atoms with van der Waals surface area (Å²) in [4.78, 5) is 16.8. The minimum atomic E-state index is -3.59. The van der Waals surface area contributed by atoms with Crippen molar-refractivity contribution in [2.45, 2.75) is 31.0 Å². The van der Waals surface area contributed by atoms with Crippen LogP contribution in [0, 0.1) is 0 Å². The van der Waals surface area contributed by atoms with E-state index in [1.54, 1.807) is 61.3 Å². The largest absolute Gasteiger partial charge is 0.493 e. The van der Waals surface area contributed by atoms with E-state index in [1.165, 1.54) is 17.5 Å². The predicted molar refractivity (Wildman–Crippen MR) is 122 cm³/mol. The molecule has 3 rings (SSSR count). The number of carbonyl (C=O) groups excluding carboxylic acids is 1. The Morgan fingerprint density at radius 2 is 1.71 bits per heavy atom. The zero-order chi connectivity index (χ0) is 24.9. The quantitative estimate of drug-likeness (QED) is 0.530. The fourth-order valence-electron chi connectivity index (χ4n) is 3.77. The number of ether oxygens (including phenoxy) is 2. The highest BCUT2D eigenvalue weighted by atomic mass is 32.2. The number of halogens is 2. The molecule has 8 nitrogen and oxygen atoms in total. The third-order valence-electron chi connectivity index (χ3n) is 5.83. The number of rotatable bonds is 9. The first-order valence-electron chi connectivity index (χ1n) is 10.8. The second-order valence-corrected chi connectivity index (χ2v) is 9.94. The van der Waals surface area contributed by atoms with Crippen molar-refractivity contribution in [3.8, 4) is 11.5 Å². The normalized spacial score (nSPS) is 16.0. The fourth-order valence-corrected chi connectivity index (χ4v) is 5.21. The first kappa shape index (κ1) is 25.9. The molecule has 1 atom stereocenters. The second-order valence-electron chi connectivity index (χ2n) is 8.00. The molecule has 11 heteroatoms. The van der Waals surface area contributed by atoms with E-state index in [-0.39, 0.29) is 35.4 Å². The van der Waals surface area contributed by atoms with Gasteiger partial charge in [-0.3, -0.25) is 9.69 Å². The maximum Gasteiger partial charge on any atom is 0.387 e. The molecule has 0 aromatic heterocycles. The predicted octanol–water partition coefficient (Wildman–Crippen LogP) is 2.65. The number of methoxy groups -OCH3 is 1. The van der Waals surface area contributed by atoms with Crippen LogP contribution in [0.4, 0.5) is 8.78 Å². The molecule has 2 aromatic carbocycles. The van der Waals surface area contributed by atoms with Crippen LogP contribution in [0.25, 0.3) is 0 Å². The molecule has 0 spiro atoms. The monoisotopic (exact) mass is 497 g/mol. The molecule has 0 radical (unpaired) electrons. The number of nitrogens with zero attached hydrogens (tertiary/aromatic N) is 3. The number of amides is 1. The SMILES string of the molecule is COc1cc(CN(C)[C@@H](C)C(=O)N2CCN(S(=O)(=O)c3ccccc3)CC2)ccc1OC(F)F. The Kier molecular flexibility index (Phi) is 8.45. The molecule has 186 valence electrons. The molecule has 1 fully saturated rings. The number of hydrogen-bond donors (Lipinski definition) is 0. The Hall–Kier alpha value is -2.76. The fraction of sp³-hybridized carbons (Fsp3) is 0.435. The lowest BCUT2D eigenvalue weighted by molar-refractivity contribution is -0.137. The summed E-state index contributed by atoms with van der Waals surface area (Å²) in [5.41, 5.74) is 0.763. The highest BCUT2D eigenvalue weighted by molar-refractivity contribution is 7.89. The summed E-state index contributed by atoms with van der Waals surface area (Å²) in [7, 11) is -0.438. The highest BCUT2D eigenvalue weighted by Gasteiger charge is 2.32. The van der Waals surface area contributed by atoms with E-state index in [1.807, 2.05) is 4.90 Å². The van der Waals surface area contributed by atoms with Crippen molar-refractivity contribution in [2.75, 3.05) is 40.3 Å². The summed E-state index contributed by atoms with van der Waals surface area (Å²) in [6.07, 6.45) is 0. The van der Waals surface area contributed by atoms with E-state index >= 15 is 0 Å². The molecule has 1 heterocycles. The molecular weight excluding hydrogens is 468 g/mol. The number of piperazine rings is 1. The third-order valence-corrected chi connectivity index (χ3v) is 7.74. The topological polar surface area (TPSA) is 79.4 Å². The van der Waals surface area contributed by atoms with Crippen LogP contribution in [0.1, 0.15) is 12.5 Å². The van der Waals surface area contributed by atoms with Gasteiger partial charge in [0.1, 0.15) is 0 Å². The smallest absolute Gasteiger partial charge is 0.387 e. The van der Waals surface area contributed by atoms with Crippen LogP contribution in [0.5, 0.6) is 11.5 Å². The van der Waals surface area contributed by atoms with E-state index in [4.69, 9.17) is 4.74 Å². The summed E-state index contributed by atoms with van der Waals surface area (Å²) in [6.45, 7) is 0.252. The van der Waals surface area contributed by atoms with Crippen molar-refractivity contribution < 1.29 is 31.5 Å². The number of sulfonamides is 1. The van der Waals surface area contributed by atoms with Crippen LogP contribution < -0.4 is 9.47 Å². The Morgan fingerprint density at radius 1 is 1.06 bits per heavy atom. The van der Waals surface area contributed by atoms with Crippen molar-refractivity contribution in [3.63, 3.8) is 0 Å². The van der Waals surface area contributed by atoms with Gasteiger partial charge in [-0.25, -0.2) is 8.42 Å². The van der Waals surface area contributed by atoms with E-state index < -0.39 is 22.7 Å². The molecule has 0 N–H and O–H groups in total. The van der Waals surface area contributed by atoms with Gasteiger partial charge in [0, 0.05) is 32.7 Å². The van der Waals surface area contributed by atoms with Crippen molar-refractivity contribution in [3.05, 3.63) is 54.1 Å². The third kappa shape index (κ3) is 6.02.